The highest BCUT2D eigenvalue weighted by Gasteiger charge is 2.28. The van der Waals surface area contributed by atoms with Gasteiger partial charge in [-0.25, -0.2) is 0 Å². The van der Waals surface area contributed by atoms with Crippen molar-refractivity contribution >= 4 is 0 Å². The van der Waals surface area contributed by atoms with Crippen molar-refractivity contribution in [2.45, 2.75) is 12.8 Å². The Bertz CT molecular complexity index is 663. The van der Waals surface area contributed by atoms with Crippen molar-refractivity contribution < 1.29 is 19.3 Å². The van der Waals surface area contributed by atoms with Crippen molar-refractivity contribution in [3.63, 3.8) is 0 Å². The van der Waals surface area contributed by atoms with Crippen LogP contribution in [-0.2, 0) is 12.8 Å². The van der Waals surface area contributed by atoms with Crippen molar-refractivity contribution in [1.29, 1.82) is 0 Å². The van der Waals surface area contributed by atoms with Crippen molar-refractivity contribution in [3.8, 4) is 23.0 Å². The third-order valence-corrected chi connectivity index (χ3v) is 4.01. The molecule has 2 heterocycles. The fourth-order valence-electron chi connectivity index (χ4n) is 2.97. The van der Waals surface area contributed by atoms with Crippen molar-refractivity contribution in [1.82, 2.24) is 0 Å². The summed E-state index contributed by atoms with van der Waals surface area (Å²) in [6, 6.07) is 11.4. The highest BCUT2D eigenvalue weighted by Crippen LogP contribution is 2.45. The van der Waals surface area contributed by atoms with Gasteiger partial charge < -0.3 is 19.3 Å². The van der Waals surface area contributed by atoms with E-state index in [4.69, 9.17) is 14.2 Å². The highest BCUT2D eigenvalue weighted by atomic mass is 16.7. The van der Waals surface area contributed by atoms with Crippen molar-refractivity contribution in [2.75, 3.05) is 13.4 Å². The second-order valence-electron chi connectivity index (χ2n) is 5.54. The summed E-state index contributed by atoms with van der Waals surface area (Å²) in [5, 5.41) is 9.33. The van der Waals surface area contributed by atoms with Gasteiger partial charge in [0.2, 0.25) is 12.5 Å². The second kappa shape index (κ2) is 4.88. The van der Waals surface area contributed by atoms with Crippen LogP contribution in [0.3, 0.4) is 0 Å². The maximum Gasteiger partial charge on any atom is 0.231 e. The van der Waals surface area contributed by atoms with Crippen LogP contribution >= 0.6 is 0 Å². The van der Waals surface area contributed by atoms with Gasteiger partial charge in [0.15, 0.2) is 11.5 Å². The Morgan fingerprint density at radius 1 is 0.952 bits per heavy atom. The van der Waals surface area contributed by atoms with Crippen LogP contribution in [0.5, 0.6) is 23.0 Å². The molecule has 2 aromatic carbocycles. The SMILES string of the molecule is Oc1ccc(C[C@H]2COc3c(ccc4c3OCO4)C2)cc1. The third kappa shape index (κ3) is 2.27. The topological polar surface area (TPSA) is 47.9 Å². The first-order valence-corrected chi connectivity index (χ1v) is 7.12. The lowest BCUT2D eigenvalue weighted by Gasteiger charge is -2.26. The molecular formula is C17H16O4. The number of hydrogen-bond donors (Lipinski definition) is 1. The molecule has 2 aliphatic rings. The molecule has 0 saturated carbocycles. The molecular weight excluding hydrogens is 268 g/mol. The number of ether oxygens (including phenoxy) is 3. The summed E-state index contributed by atoms with van der Waals surface area (Å²) in [4.78, 5) is 0. The van der Waals surface area contributed by atoms with E-state index in [1.807, 2.05) is 18.2 Å². The van der Waals surface area contributed by atoms with Gasteiger partial charge in [-0.15, -0.1) is 0 Å². The average Bonchev–Trinajstić information content (AvgIpc) is 2.98. The fourth-order valence-corrected chi connectivity index (χ4v) is 2.97. The van der Waals surface area contributed by atoms with Gasteiger partial charge >= 0.3 is 0 Å². The molecule has 0 saturated heterocycles. The molecule has 4 heteroatoms. The van der Waals surface area contributed by atoms with E-state index in [0.29, 0.717) is 18.3 Å². The highest BCUT2D eigenvalue weighted by molar-refractivity contribution is 5.57. The molecule has 0 radical (unpaired) electrons. The zero-order chi connectivity index (χ0) is 14.2. The van der Waals surface area contributed by atoms with Gasteiger partial charge in [-0.3, -0.25) is 0 Å². The van der Waals surface area contributed by atoms with Gasteiger partial charge in [0, 0.05) is 5.92 Å². The van der Waals surface area contributed by atoms with Gasteiger partial charge in [0.1, 0.15) is 5.75 Å². The summed E-state index contributed by atoms with van der Waals surface area (Å²) in [6.07, 6.45) is 1.90. The Morgan fingerprint density at radius 2 is 1.81 bits per heavy atom. The smallest absolute Gasteiger partial charge is 0.231 e. The van der Waals surface area contributed by atoms with Crippen LogP contribution in [0.15, 0.2) is 36.4 Å². The quantitative estimate of drug-likeness (QED) is 0.921. The first-order valence-electron chi connectivity index (χ1n) is 7.12. The third-order valence-electron chi connectivity index (χ3n) is 4.01. The zero-order valence-corrected chi connectivity index (χ0v) is 11.5. The summed E-state index contributed by atoms with van der Waals surface area (Å²) in [7, 11) is 0. The Hall–Kier alpha value is -2.36. The molecule has 108 valence electrons. The van der Waals surface area contributed by atoms with Crippen LogP contribution < -0.4 is 14.2 Å². The lowest BCUT2D eigenvalue weighted by atomic mass is 9.90. The lowest BCUT2D eigenvalue weighted by Crippen LogP contribution is -2.23. The molecule has 2 aromatic rings. The van der Waals surface area contributed by atoms with Gasteiger partial charge in [-0.05, 0) is 42.2 Å². The Kier molecular flexibility index (Phi) is 2.88. The number of aromatic hydroxyl groups is 1. The van der Waals surface area contributed by atoms with E-state index < -0.39 is 0 Å². The van der Waals surface area contributed by atoms with E-state index in [1.165, 1.54) is 11.1 Å². The second-order valence-corrected chi connectivity index (χ2v) is 5.54. The largest absolute Gasteiger partial charge is 0.508 e. The predicted octanol–water partition coefficient (Wildman–Crippen LogP) is 2.91. The summed E-state index contributed by atoms with van der Waals surface area (Å²) in [5.74, 6) is 3.09. The van der Waals surface area contributed by atoms with E-state index in [1.54, 1.807) is 12.1 Å². The van der Waals surface area contributed by atoms with Gasteiger partial charge in [0.25, 0.3) is 0 Å². The maximum absolute atomic E-state index is 9.33. The summed E-state index contributed by atoms with van der Waals surface area (Å²) in [6.45, 7) is 0.944. The number of benzene rings is 2. The van der Waals surface area contributed by atoms with Gasteiger partial charge in [0.05, 0.1) is 6.61 Å². The molecule has 0 bridgehead atoms. The van der Waals surface area contributed by atoms with E-state index in [-0.39, 0.29) is 6.79 Å². The minimum Gasteiger partial charge on any atom is -0.508 e. The molecule has 4 rings (SSSR count). The molecule has 0 spiro atoms. The number of hydrogen-bond acceptors (Lipinski definition) is 4. The summed E-state index contributed by atoms with van der Waals surface area (Å²) < 4.78 is 16.8. The van der Waals surface area contributed by atoms with Gasteiger partial charge in [-0.2, -0.15) is 0 Å². The van der Waals surface area contributed by atoms with Crippen LogP contribution in [0.4, 0.5) is 0 Å². The molecule has 1 atom stereocenters. The number of phenolic OH excluding ortho intramolecular Hbond substituents is 1. The lowest BCUT2D eigenvalue weighted by molar-refractivity contribution is 0.164. The number of fused-ring (bicyclic) bond motifs is 3. The summed E-state index contributed by atoms with van der Waals surface area (Å²) in [5.41, 5.74) is 2.39. The van der Waals surface area contributed by atoms with Gasteiger partial charge in [-0.1, -0.05) is 18.2 Å². The van der Waals surface area contributed by atoms with Crippen LogP contribution in [-0.4, -0.2) is 18.5 Å². The predicted molar refractivity (Wildman–Crippen MR) is 77.1 cm³/mol. The maximum atomic E-state index is 9.33. The minimum absolute atomic E-state index is 0.270. The monoisotopic (exact) mass is 284 g/mol. The van der Waals surface area contributed by atoms with E-state index >= 15 is 0 Å². The minimum atomic E-state index is 0.270. The number of rotatable bonds is 2. The van der Waals surface area contributed by atoms with Crippen LogP contribution in [0.1, 0.15) is 11.1 Å². The summed E-state index contributed by atoms with van der Waals surface area (Å²) >= 11 is 0. The van der Waals surface area contributed by atoms with Crippen molar-refractivity contribution in [2.24, 2.45) is 5.92 Å². The van der Waals surface area contributed by atoms with E-state index in [0.717, 1.165) is 30.1 Å². The van der Waals surface area contributed by atoms with Crippen LogP contribution in [0.2, 0.25) is 0 Å². The van der Waals surface area contributed by atoms with E-state index in [2.05, 4.69) is 6.07 Å². The Morgan fingerprint density at radius 3 is 2.67 bits per heavy atom. The molecule has 21 heavy (non-hydrogen) atoms. The molecule has 2 aliphatic heterocycles. The fraction of sp³-hybridized carbons (Fsp3) is 0.294. The van der Waals surface area contributed by atoms with Crippen molar-refractivity contribution in [3.05, 3.63) is 47.5 Å². The first-order chi connectivity index (χ1) is 10.3. The Balaban J connectivity index is 1.53. The molecule has 1 N–H and O–H groups in total. The number of phenols is 1. The van der Waals surface area contributed by atoms with E-state index in [9.17, 15) is 5.11 Å². The molecule has 0 unspecified atom stereocenters. The molecule has 0 fully saturated rings. The zero-order valence-electron chi connectivity index (χ0n) is 11.5. The Labute approximate surface area is 122 Å². The molecule has 0 aliphatic carbocycles. The first kappa shape index (κ1) is 12.4. The molecule has 0 aromatic heterocycles. The molecule has 0 amide bonds. The standard InChI is InChI=1S/C17H16O4/c18-14-4-1-11(2-5-14)7-12-8-13-3-6-15-17(21-10-20-15)16(13)19-9-12/h1-6,12,18H,7-10H2/t12-/m1/s1. The van der Waals surface area contributed by atoms with Crippen LogP contribution in [0.25, 0.3) is 0 Å². The average molecular weight is 284 g/mol. The normalized spacial score (nSPS) is 19.0. The van der Waals surface area contributed by atoms with Crippen LogP contribution in [0, 0.1) is 5.92 Å². The molecule has 4 nitrogen and oxygen atoms in total.